The van der Waals surface area contributed by atoms with E-state index in [-0.39, 0.29) is 27.9 Å². The quantitative estimate of drug-likeness (QED) is 0.719. The minimum atomic E-state index is -4.02. The number of aromatic amines is 1. The third kappa shape index (κ3) is 2.96. The number of sulfonamides is 1. The maximum atomic E-state index is 12.2. The molecule has 0 aliphatic carbocycles. The van der Waals surface area contributed by atoms with Gasteiger partial charge in [0.05, 0.1) is 25.5 Å². The normalized spacial score (nSPS) is 11.0. The van der Waals surface area contributed by atoms with Crippen molar-refractivity contribution in [2.45, 2.75) is 5.16 Å². The van der Waals surface area contributed by atoms with Gasteiger partial charge in [0.2, 0.25) is 5.16 Å². The number of benzene rings is 1. The molecule has 118 valence electrons. The lowest BCUT2D eigenvalue weighted by molar-refractivity contribution is 0.0696. The largest absolute Gasteiger partial charge is 0.493 e. The highest BCUT2D eigenvalue weighted by atomic mass is 32.2. The molecule has 0 bridgehead atoms. The first-order chi connectivity index (χ1) is 10.4. The lowest BCUT2D eigenvalue weighted by atomic mass is 10.1. The third-order valence-corrected chi connectivity index (χ3v) is 3.92. The van der Waals surface area contributed by atoms with Crippen molar-refractivity contribution in [2.24, 2.45) is 0 Å². The van der Waals surface area contributed by atoms with Gasteiger partial charge in [-0.2, -0.15) is 8.42 Å². The minimum absolute atomic E-state index is 0.0580. The average Bonchev–Trinajstić information content (AvgIpc) is 3.00. The van der Waals surface area contributed by atoms with E-state index >= 15 is 0 Å². The standard InChI is InChI=1S/C12H13N3O6S/c1-20-9-6-7(11(16)17)5-8(10(9)21-2)15-22(18,19)12-13-3-4-14-12/h3-6,15H,1-2H3,(H,13,14)(H,16,17). The lowest BCUT2D eigenvalue weighted by Crippen LogP contribution is -2.16. The van der Waals surface area contributed by atoms with E-state index in [1.807, 2.05) is 0 Å². The molecule has 1 aromatic heterocycles. The van der Waals surface area contributed by atoms with Crippen LogP contribution in [0.2, 0.25) is 0 Å². The van der Waals surface area contributed by atoms with Gasteiger partial charge < -0.3 is 19.6 Å². The molecule has 0 spiro atoms. The van der Waals surface area contributed by atoms with Crippen LogP contribution >= 0.6 is 0 Å². The molecule has 0 atom stereocenters. The Morgan fingerprint density at radius 3 is 2.55 bits per heavy atom. The fourth-order valence-corrected chi connectivity index (χ4v) is 2.72. The number of rotatable bonds is 6. The van der Waals surface area contributed by atoms with Crippen molar-refractivity contribution in [3.63, 3.8) is 0 Å². The second-order valence-electron chi connectivity index (χ2n) is 4.06. The Balaban J connectivity index is 2.54. The molecule has 0 saturated carbocycles. The van der Waals surface area contributed by atoms with Crippen molar-refractivity contribution >= 4 is 21.7 Å². The number of aromatic carboxylic acids is 1. The topological polar surface area (TPSA) is 131 Å². The van der Waals surface area contributed by atoms with Crippen molar-refractivity contribution < 1.29 is 27.8 Å². The smallest absolute Gasteiger partial charge is 0.335 e. The van der Waals surface area contributed by atoms with Crippen LogP contribution in [0.25, 0.3) is 0 Å². The van der Waals surface area contributed by atoms with Crippen molar-refractivity contribution in [3.8, 4) is 11.5 Å². The van der Waals surface area contributed by atoms with Crippen molar-refractivity contribution in [2.75, 3.05) is 18.9 Å². The van der Waals surface area contributed by atoms with E-state index in [1.165, 1.54) is 32.7 Å². The summed E-state index contributed by atoms with van der Waals surface area (Å²) in [4.78, 5) is 17.2. The number of nitrogens with one attached hydrogen (secondary N) is 2. The van der Waals surface area contributed by atoms with Crippen LogP contribution in [-0.4, -0.2) is 43.7 Å². The summed E-state index contributed by atoms with van der Waals surface area (Å²) >= 11 is 0. The van der Waals surface area contributed by atoms with Gasteiger partial charge in [0.15, 0.2) is 11.5 Å². The molecule has 0 aliphatic rings. The molecule has 1 aromatic carbocycles. The van der Waals surface area contributed by atoms with Crippen LogP contribution in [0.4, 0.5) is 5.69 Å². The number of anilines is 1. The van der Waals surface area contributed by atoms with Gasteiger partial charge in [0, 0.05) is 12.4 Å². The highest BCUT2D eigenvalue weighted by Gasteiger charge is 2.22. The molecule has 22 heavy (non-hydrogen) atoms. The SMILES string of the molecule is COc1cc(C(=O)O)cc(NS(=O)(=O)c2ncc[nH]2)c1OC. The molecule has 0 radical (unpaired) electrons. The monoisotopic (exact) mass is 327 g/mol. The van der Waals surface area contributed by atoms with Crippen LogP contribution in [0.15, 0.2) is 29.7 Å². The molecule has 2 aromatic rings. The number of imidazole rings is 1. The Hall–Kier alpha value is -2.75. The molecule has 2 rings (SSSR count). The molecule has 3 N–H and O–H groups in total. The number of aromatic nitrogens is 2. The van der Waals surface area contributed by atoms with E-state index in [0.29, 0.717) is 0 Å². The molecule has 10 heteroatoms. The van der Waals surface area contributed by atoms with E-state index in [1.54, 1.807) is 0 Å². The van der Waals surface area contributed by atoms with Crippen LogP contribution in [0.1, 0.15) is 10.4 Å². The van der Waals surface area contributed by atoms with Gasteiger partial charge >= 0.3 is 5.97 Å². The van der Waals surface area contributed by atoms with E-state index in [4.69, 9.17) is 14.6 Å². The zero-order chi connectivity index (χ0) is 16.3. The number of ether oxygens (including phenoxy) is 2. The first kappa shape index (κ1) is 15.6. The lowest BCUT2D eigenvalue weighted by Gasteiger charge is -2.14. The van der Waals surface area contributed by atoms with E-state index in [9.17, 15) is 13.2 Å². The predicted octanol–water partition coefficient (Wildman–Crippen LogP) is 0.926. The number of carboxylic acid groups (broad SMARTS) is 1. The maximum Gasteiger partial charge on any atom is 0.335 e. The van der Waals surface area contributed by atoms with Gasteiger partial charge in [-0.05, 0) is 12.1 Å². The molecule has 0 unspecified atom stereocenters. The van der Waals surface area contributed by atoms with E-state index in [0.717, 1.165) is 6.07 Å². The van der Waals surface area contributed by atoms with Crippen LogP contribution in [-0.2, 0) is 10.0 Å². The first-order valence-corrected chi connectivity index (χ1v) is 7.39. The molecule has 9 nitrogen and oxygen atoms in total. The van der Waals surface area contributed by atoms with Gasteiger partial charge in [-0.15, -0.1) is 0 Å². The van der Waals surface area contributed by atoms with E-state index < -0.39 is 16.0 Å². The number of nitrogens with zero attached hydrogens (tertiary/aromatic N) is 1. The Labute approximate surface area is 126 Å². The second-order valence-corrected chi connectivity index (χ2v) is 5.66. The van der Waals surface area contributed by atoms with Crippen LogP contribution < -0.4 is 14.2 Å². The molecule has 0 amide bonds. The summed E-state index contributed by atoms with van der Waals surface area (Å²) in [6.45, 7) is 0. The number of carboxylic acids is 1. The zero-order valence-electron chi connectivity index (χ0n) is 11.7. The molecule has 0 fully saturated rings. The van der Waals surface area contributed by atoms with Crippen LogP contribution in [0, 0.1) is 0 Å². The maximum absolute atomic E-state index is 12.2. The summed E-state index contributed by atoms with van der Waals surface area (Å²) in [7, 11) is -1.39. The summed E-state index contributed by atoms with van der Waals surface area (Å²) in [6, 6.07) is 2.36. The number of hydrogen-bond donors (Lipinski definition) is 3. The highest BCUT2D eigenvalue weighted by Crippen LogP contribution is 2.37. The second kappa shape index (κ2) is 5.93. The Bertz CT molecular complexity index is 785. The molecular formula is C12H13N3O6S. The first-order valence-electron chi connectivity index (χ1n) is 5.90. The fraction of sp³-hybridized carbons (Fsp3) is 0.167. The summed E-state index contributed by atoms with van der Waals surface area (Å²) in [5.74, 6) is -1.10. The zero-order valence-corrected chi connectivity index (χ0v) is 12.5. The van der Waals surface area contributed by atoms with Gasteiger partial charge in [-0.25, -0.2) is 9.78 Å². The van der Waals surface area contributed by atoms with Gasteiger partial charge in [0.1, 0.15) is 0 Å². The van der Waals surface area contributed by atoms with Crippen LogP contribution in [0.3, 0.4) is 0 Å². The summed E-state index contributed by atoms with van der Waals surface area (Å²) in [6.07, 6.45) is 2.63. The Morgan fingerprint density at radius 1 is 1.32 bits per heavy atom. The molecule has 1 heterocycles. The Morgan fingerprint density at radius 2 is 2.05 bits per heavy atom. The summed E-state index contributed by atoms with van der Waals surface area (Å²) in [5.41, 5.74) is -0.231. The third-order valence-electron chi connectivity index (χ3n) is 2.70. The number of hydrogen-bond acceptors (Lipinski definition) is 6. The van der Waals surface area contributed by atoms with Gasteiger partial charge in [0.25, 0.3) is 10.0 Å². The van der Waals surface area contributed by atoms with Crippen LogP contribution in [0.5, 0.6) is 11.5 Å². The van der Waals surface area contributed by atoms with E-state index in [2.05, 4.69) is 14.7 Å². The number of H-pyrrole nitrogens is 1. The Kier molecular flexibility index (Phi) is 4.22. The fourth-order valence-electron chi connectivity index (χ4n) is 1.75. The van der Waals surface area contributed by atoms with Crippen molar-refractivity contribution in [1.29, 1.82) is 0 Å². The number of methoxy groups -OCH3 is 2. The van der Waals surface area contributed by atoms with Gasteiger partial charge in [-0.1, -0.05) is 0 Å². The van der Waals surface area contributed by atoms with Crippen molar-refractivity contribution in [3.05, 3.63) is 30.1 Å². The summed E-state index contributed by atoms with van der Waals surface area (Å²) in [5, 5.41) is 8.77. The predicted molar refractivity (Wildman–Crippen MR) is 75.9 cm³/mol. The average molecular weight is 327 g/mol. The van der Waals surface area contributed by atoms with Crippen molar-refractivity contribution in [1.82, 2.24) is 9.97 Å². The molecule has 0 aliphatic heterocycles. The molecule has 0 saturated heterocycles. The summed E-state index contributed by atoms with van der Waals surface area (Å²) < 4.78 is 36.7. The number of carbonyl (C=O) groups is 1. The minimum Gasteiger partial charge on any atom is -0.493 e. The highest BCUT2D eigenvalue weighted by molar-refractivity contribution is 7.92. The molecular weight excluding hydrogens is 314 g/mol. The van der Waals surface area contributed by atoms with Gasteiger partial charge in [-0.3, -0.25) is 4.72 Å².